The molecular weight excluding hydrogens is 336 g/mol. The van der Waals surface area contributed by atoms with Crippen LogP contribution in [-0.4, -0.2) is 29.6 Å². The van der Waals surface area contributed by atoms with Crippen molar-refractivity contribution in [1.29, 1.82) is 0 Å². The Morgan fingerprint density at radius 3 is 2.72 bits per heavy atom. The van der Waals surface area contributed by atoms with E-state index >= 15 is 0 Å². The molecule has 6 nitrogen and oxygen atoms in total. The molecule has 7 heteroatoms. The van der Waals surface area contributed by atoms with Gasteiger partial charge in [-0.05, 0) is 25.5 Å². The Bertz CT molecular complexity index is 1060. The summed E-state index contributed by atoms with van der Waals surface area (Å²) in [5.74, 6) is 0. The lowest BCUT2D eigenvalue weighted by Crippen LogP contribution is -2.27. The van der Waals surface area contributed by atoms with Crippen LogP contribution in [0.15, 0.2) is 40.1 Å². The quantitative estimate of drug-likeness (QED) is 0.777. The van der Waals surface area contributed by atoms with Gasteiger partial charge in [-0.3, -0.25) is 0 Å². The van der Waals surface area contributed by atoms with Crippen molar-refractivity contribution >= 4 is 15.5 Å². The summed E-state index contributed by atoms with van der Waals surface area (Å²) in [4.78, 5) is 5.15. The summed E-state index contributed by atoms with van der Waals surface area (Å²) in [5.41, 5.74) is 4.06. The fourth-order valence-corrected chi connectivity index (χ4v) is 5.04. The van der Waals surface area contributed by atoms with Gasteiger partial charge in [0.2, 0.25) is 9.84 Å². The Balaban J connectivity index is 2.06. The number of nitrogens with one attached hydrogen (secondary N) is 1. The average molecular weight is 356 g/mol. The maximum Gasteiger partial charge on any atom is 0.212 e. The normalized spacial score (nSPS) is 14.6. The van der Waals surface area contributed by atoms with Crippen LogP contribution in [0.25, 0.3) is 5.65 Å². The second-order valence-corrected chi connectivity index (χ2v) is 8.12. The Morgan fingerprint density at radius 2 is 2.00 bits per heavy atom. The van der Waals surface area contributed by atoms with Crippen LogP contribution >= 0.6 is 0 Å². The van der Waals surface area contributed by atoms with Gasteiger partial charge in [0.1, 0.15) is 4.90 Å². The van der Waals surface area contributed by atoms with Gasteiger partial charge < -0.3 is 5.32 Å². The molecule has 0 unspecified atom stereocenters. The van der Waals surface area contributed by atoms with Crippen molar-refractivity contribution in [1.82, 2.24) is 19.9 Å². The van der Waals surface area contributed by atoms with Crippen LogP contribution in [0, 0.1) is 6.92 Å². The van der Waals surface area contributed by atoms with Crippen LogP contribution in [0.1, 0.15) is 29.6 Å². The number of hydrogen-bond donors (Lipinski definition) is 1. The highest BCUT2D eigenvalue weighted by Gasteiger charge is 2.30. The maximum atomic E-state index is 13.3. The molecule has 0 radical (unpaired) electrons. The lowest BCUT2D eigenvalue weighted by Gasteiger charge is -2.19. The van der Waals surface area contributed by atoms with E-state index in [-0.39, 0.29) is 9.79 Å². The zero-order valence-corrected chi connectivity index (χ0v) is 15.1. The molecule has 0 saturated carbocycles. The van der Waals surface area contributed by atoms with Gasteiger partial charge in [0, 0.05) is 30.8 Å². The third-order valence-electron chi connectivity index (χ3n) is 4.70. The summed E-state index contributed by atoms with van der Waals surface area (Å²) in [7, 11) is -3.67. The van der Waals surface area contributed by atoms with Crippen LogP contribution in [0.4, 0.5) is 0 Å². The minimum absolute atomic E-state index is 0.241. The Morgan fingerprint density at radius 1 is 1.24 bits per heavy atom. The third-order valence-corrected chi connectivity index (χ3v) is 6.55. The second kappa shape index (κ2) is 5.93. The number of benzene rings is 1. The molecule has 0 fully saturated rings. The van der Waals surface area contributed by atoms with Crippen LogP contribution in [-0.2, 0) is 29.2 Å². The molecule has 3 aromatic rings. The van der Waals surface area contributed by atoms with Crippen molar-refractivity contribution in [2.45, 2.75) is 43.0 Å². The summed E-state index contributed by atoms with van der Waals surface area (Å²) >= 11 is 0. The zero-order valence-electron chi connectivity index (χ0n) is 14.3. The Kier molecular flexibility index (Phi) is 3.85. The van der Waals surface area contributed by atoms with E-state index in [0.29, 0.717) is 17.8 Å². The molecule has 0 aliphatic carbocycles. The number of hydrogen-bond acceptors (Lipinski definition) is 5. The SMILES string of the molecule is CCc1nn2c3c(c(C)nc2c1S(=O)(=O)c1ccccc1)CNCC3. The molecule has 25 heavy (non-hydrogen) atoms. The molecule has 1 aliphatic rings. The monoisotopic (exact) mass is 356 g/mol. The van der Waals surface area contributed by atoms with Crippen molar-refractivity contribution in [3.63, 3.8) is 0 Å². The Hall–Kier alpha value is -2.25. The van der Waals surface area contributed by atoms with E-state index in [9.17, 15) is 8.42 Å². The van der Waals surface area contributed by atoms with E-state index in [1.807, 2.05) is 19.9 Å². The van der Waals surface area contributed by atoms with Crippen molar-refractivity contribution in [2.75, 3.05) is 6.54 Å². The van der Waals surface area contributed by atoms with Gasteiger partial charge in [0.15, 0.2) is 5.65 Å². The predicted octanol–water partition coefficient (Wildman–Crippen LogP) is 2.08. The van der Waals surface area contributed by atoms with Gasteiger partial charge in [-0.25, -0.2) is 17.9 Å². The number of aromatic nitrogens is 3. The van der Waals surface area contributed by atoms with Crippen molar-refractivity contribution in [2.24, 2.45) is 0 Å². The lowest BCUT2D eigenvalue weighted by atomic mass is 10.1. The average Bonchev–Trinajstić information content (AvgIpc) is 3.02. The molecule has 1 aliphatic heterocycles. The van der Waals surface area contributed by atoms with Gasteiger partial charge in [-0.15, -0.1) is 0 Å². The number of rotatable bonds is 3. The molecule has 1 aromatic carbocycles. The lowest BCUT2D eigenvalue weighted by molar-refractivity contribution is 0.595. The fourth-order valence-electron chi connectivity index (χ4n) is 3.42. The molecule has 0 saturated heterocycles. The summed E-state index contributed by atoms with van der Waals surface area (Å²) in [5, 5.41) is 7.96. The van der Waals surface area contributed by atoms with Gasteiger partial charge in [0.05, 0.1) is 16.3 Å². The van der Waals surface area contributed by atoms with Gasteiger partial charge >= 0.3 is 0 Å². The molecule has 130 valence electrons. The summed E-state index contributed by atoms with van der Waals surface area (Å²) in [6, 6.07) is 8.51. The first-order chi connectivity index (χ1) is 12.0. The van der Waals surface area contributed by atoms with Crippen LogP contribution in [0.3, 0.4) is 0 Å². The van der Waals surface area contributed by atoms with Crippen molar-refractivity contribution < 1.29 is 8.42 Å². The predicted molar refractivity (Wildman–Crippen MR) is 94.4 cm³/mol. The first-order valence-corrected chi connectivity index (χ1v) is 9.93. The molecular formula is C18H20N4O2S. The van der Waals surface area contributed by atoms with Crippen molar-refractivity contribution in [3.8, 4) is 0 Å². The molecule has 1 N–H and O–H groups in total. The largest absolute Gasteiger partial charge is 0.312 e. The number of sulfone groups is 1. The topological polar surface area (TPSA) is 76.4 Å². The smallest absolute Gasteiger partial charge is 0.212 e. The van der Waals surface area contributed by atoms with Crippen LogP contribution in [0.2, 0.25) is 0 Å². The highest BCUT2D eigenvalue weighted by Crippen LogP contribution is 2.30. The molecule has 4 rings (SSSR count). The van der Waals surface area contributed by atoms with E-state index in [2.05, 4.69) is 15.4 Å². The molecule has 0 bridgehead atoms. The second-order valence-electron chi connectivity index (χ2n) is 6.23. The highest BCUT2D eigenvalue weighted by atomic mass is 32.2. The summed E-state index contributed by atoms with van der Waals surface area (Å²) < 4.78 is 28.3. The fraction of sp³-hybridized carbons (Fsp3) is 0.333. The first kappa shape index (κ1) is 16.2. The summed E-state index contributed by atoms with van der Waals surface area (Å²) in [6.07, 6.45) is 1.35. The van der Waals surface area contributed by atoms with Crippen molar-refractivity contribution in [3.05, 3.63) is 53.0 Å². The van der Waals surface area contributed by atoms with Gasteiger partial charge in [0.25, 0.3) is 0 Å². The van der Waals surface area contributed by atoms with E-state index in [1.54, 1.807) is 28.8 Å². The van der Waals surface area contributed by atoms with E-state index in [0.717, 1.165) is 36.5 Å². The number of aryl methyl sites for hydroxylation is 2. The molecule has 2 aromatic heterocycles. The van der Waals surface area contributed by atoms with E-state index in [4.69, 9.17) is 0 Å². The zero-order chi connectivity index (χ0) is 17.6. The number of nitrogens with zero attached hydrogens (tertiary/aromatic N) is 3. The van der Waals surface area contributed by atoms with Crippen LogP contribution in [0.5, 0.6) is 0 Å². The van der Waals surface area contributed by atoms with Gasteiger partial charge in [-0.1, -0.05) is 25.1 Å². The molecule has 0 spiro atoms. The molecule has 0 atom stereocenters. The highest BCUT2D eigenvalue weighted by molar-refractivity contribution is 7.91. The summed E-state index contributed by atoms with van der Waals surface area (Å²) in [6.45, 7) is 5.45. The van der Waals surface area contributed by atoms with E-state index in [1.165, 1.54) is 0 Å². The standard InChI is InChI=1S/C18H20N4O2S/c1-3-15-17(25(23,24)13-7-5-4-6-8-13)18-20-12(2)14-11-19-10-9-16(14)22(18)21-15/h4-8,19H,3,9-11H2,1-2H3. The minimum atomic E-state index is -3.67. The molecule has 0 amide bonds. The molecule has 3 heterocycles. The third kappa shape index (κ3) is 2.46. The Labute approximate surface area is 146 Å². The van der Waals surface area contributed by atoms with Gasteiger partial charge in [-0.2, -0.15) is 5.10 Å². The minimum Gasteiger partial charge on any atom is -0.312 e. The van der Waals surface area contributed by atoms with Crippen LogP contribution < -0.4 is 5.32 Å². The number of fused-ring (bicyclic) bond motifs is 3. The first-order valence-electron chi connectivity index (χ1n) is 8.45. The maximum absolute atomic E-state index is 13.3. The van der Waals surface area contributed by atoms with E-state index < -0.39 is 9.84 Å².